The molecule has 19 heavy (non-hydrogen) atoms. The minimum absolute atomic E-state index is 0.134. The summed E-state index contributed by atoms with van der Waals surface area (Å²) in [5.41, 5.74) is 7.82. The van der Waals surface area contributed by atoms with Gasteiger partial charge in [0.15, 0.2) is 0 Å². The second-order valence-corrected chi connectivity index (χ2v) is 4.47. The maximum Gasteiger partial charge on any atom is 0.123 e. The van der Waals surface area contributed by atoms with E-state index in [-0.39, 0.29) is 6.61 Å². The topological polar surface area (TPSA) is 62.4 Å². The van der Waals surface area contributed by atoms with Crippen LogP contribution in [0.25, 0.3) is 0 Å². The highest BCUT2D eigenvalue weighted by Crippen LogP contribution is 2.09. The summed E-state index contributed by atoms with van der Waals surface area (Å²) >= 11 is 0. The number of aromatic nitrogens is 1. The smallest absolute Gasteiger partial charge is 0.123 e. The molecule has 0 spiro atoms. The molecule has 2 rings (SSSR count). The van der Waals surface area contributed by atoms with Crippen LogP contribution in [0.5, 0.6) is 0 Å². The molecule has 0 radical (unpaired) electrons. The Hall–Kier alpha value is -1.91. The van der Waals surface area contributed by atoms with E-state index in [1.165, 1.54) is 5.56 Å². The minimum atomic E-state index is 0.134. The largest absolute Gasteiger partial charge is 0.395 e. The fourth-order valence-corrected chi connectivity index (χ4v) is 2.01. The Bertz CT molecular complexity index is 502. The first-order chi connectivity index (χ1) is 9.28. The van der Waals surface area contributed by atoms with Crippen LogP contribution in [0.1, 0.15) is 11.3 Å². The molecule has 0 aliphatic heterocycles. The lowest BCUT2D eigenvalue weighted by molar-refractivity contribution is 0.183. The molecule has 0 atom stereocenters. The van der Waals surface area contributed by atoms with Crippen molar-refractivity contribution in [3.63, 3.8) is 0 Å². The number of nitrogens with zero attached hydrogens (tertiary/aromatic N) is 2. The first-order valence-electron chi connectivity index (χ1n) is 6.36. The van der Waals surface area contributed by atoms with Crippen molar-refractivity contribution < 1.29 is 5.11 Å². The zero-order chi connectivity index (χ0) is 13.5. The lowest BCUT2D eigenvalue weighted by Crippen LogP contribution is -2.26. The summed E-state index contributed by atoms with van der Waals surface area (Å²) in [4.78, 5) is 6.44. The Labute approximate surface area is 113 Å². The highest BCUT2D eigenvalue weighted by atomic mass is 16.3. The Balaban J connectivity index is 2.04. The molecule has 0 amide bonds. The van der Waals surface area contributed by atoms with Crippen LogP contribution in [0.4, 0.5) is 5.82 Å². The summed E-state index contributed by atoms with van der Waals surface area (Å²) in [6.45, 7) is 2.22. The molecular formula is C15H19N3O. The van der Waals surface area contributed by atoms with Crippen LogP contribution in [-0.2, 0) is 13.1 Å². The predicted octanol–water partition coefficient (Wildman–Crippen LogP) is 1.66. The van der Waals surface area contributed by atoms with Crippen molar-refractivity contribution in [2.75, 3.05) is 18.9 Å². The van der Waals surface area contributed by atoms with Gasteiger partial charge in [-0.2, -0.15) is 0 Å². The number of hydrogen-bond donors (Lipinski definition) is 2. The SMILES string of the molecule is Nc1cccc(CN(CCO)Cc2ccccc2)n1. The van der Waals surface area contributed by atoms with Crippen LogP contribution in [0.3, 0.4) is 0 Å². The van der Waals surface area contributed by atoms with Crippen LogP contribution < -0.4 is 5.73 Å². The summed E-state index contributed by atoms with van der Waals surface area (Å²) < 4.78 is 0. The third-order valence-corrected chi connectivity index (χ3v) is 2.88. The van der Waals surface area contributed by atoms with Gasteiger partial charge in [-0.3, -0.25) is 4.90 Å². The summed E-state index contributed by atoms with van der Waals surface area (Å²) in [6.07, 6.45) is 0. The third kappa shape index (κ3) is 4.35. The van der Waals surface area contributed by atoms with Crippen molar-refractivity contribution in [2.24, 2.45) is 0 Å². The molecule has 0 saturated heterocycles. The van der Waals surface area contributed by atoms with Gasteiger partial charge in [-0.05, 0) is 17.7 Å². The number of anilines is 1. The lowest BCUT2D eigenvalue weighted by atomic mass is 10.2. The molecule has 1 heterocycles. The first kappa shape index (κ1) is 13.5. The number of nitrogens with two attached hydrogens (primary N) is 1. The van der Waals surface area contributed by atoms with Crippen molar-refractivity contribution in [3.05, 3.63) is 59.8 Å². The summed E-state index contributed by atoms with van der Waals surface area (Å²) in [5.74, 6) is 0.529. The maximum absolute atomic E-state index is 9.16. The molecule has 0 fully saturated rings. The van der Waals surface area contributed by atoms with Crippen LogP contribution in [0.15, 0.2) is 48.5 Å². The van der Waals surface area contributed by atoms with Gasteiger partial charge in [0.05, 0.1) is 12.3 Å². The maximum atomic E-state index is 9.16. The first-order valence-corrected chi connectivity index (χ1v) is 6.36. The van der Waals surface area contributed by atoms with Gasteiger partial charge in [0.2, 0.25) is 0 Å². The molecule has 1 aromatic carbocycles. The molecule has 1 aromatic heterocycles. The monoisotopic (exact) mass is 257 g/mol. The second-order valence-electron chi connectivity index (χ2n) is 4.47. The van der Waals surface area contributed by atoms with Crippen molar-refractivity contribution >= 4 is 5.82 Å². The molecular weight excluding hydrogens is 238 g/mol. The van der Waals surface area contributed by atoms with E-state index in [1.54, 1.807) is 6.07 Å². The number of aliphatic hydroxyl groups excluding tert-OH is 1. The molecule has 0 saturated carbocycles. The van der Waals surface area contributed by atoms with Crippen molar-refractivity contribution in [3.8, 4) is 0 Å². The van der Waals surface area contributed by atoms with E-state index in [0.29, 0.717) is 18.9 Å². The van der Waals surface area contributed by atoms with E-state index in [9.17, 15) is 0 Å². The average Bonchev–Trinajstić information content (AvgIpc) is 2.40. The Morgan fingerprint density at radius 2 is 1.79 bits per heavy atom. The van der Waals surface area contributed by atoms with Gasteiger partial charge in [0.25, 0.3) is 0 Å². The van der Waals surface area contributed by atoms with Gasteiger partial charge in [0, 0.05) is 19.6 Å². The van der Waals surface area contributed by atoms with Crippen molar-refractivity contribution in [2.45, 2.75) is 13.1 Å². The highest BCUT2D eigenvalue weighted by Gasteiger charge is 2.07. The molecule has 0 bridgehead atoms. The fraction of sp³-hybridized carbons (Fsp3) is 0.267. The van der Waals surface area contributed by atoms with Gasteiger partial charge in [0.1, 0.15) is 5.82 Å². The molecule has 4 nitrogen and oxygen atoms in total. The van der Waals surface area contributed by atoms with Crippen molar-refractivity contribution in [1.29, 1.82) is 0 Å². The standard InChI is InChI=1S/C15H19N3O/c16-15-8-4-7-14(17-15)12-18(9-10-19)11-13-5-2-1-3-6-13/h1-8,19H,9-12H2,(H2,16,17). The van der Waals surface area contributed by atoms with Crippen LogP contribution >= 0.6 is 0 Å². The van der Waals surface area contributed by atoms with Gasteiger partial charge >= 0.3 is 0 Å². The van der Waals surface area contributed by atoms with Crippen LogP contribution in [-0.4, -0.2) is 28.1 Å². The Morgan fingerprint density at radius 1 is 1.00 bits per heavy atom. The molecule has 0 unspecified atom stereocenters. The predicted molar refractivity (Wildman–Crippen MR) is 76.3 cm³/mol. The highest BCUT2D eigenvalue weighted by molar-refractivity contribution is 5.28. The molecule has 0 aliphatic rings. The molecule has 4 heteroatoms. The number of pyridine rings is 1. The fourth-order valence-electron chi connectivity index (χ4n) is 2.01. The zero-order valence-corrected chi connectivity index (χ0v) is 10.9. The van der Waals surface area contributed by atoms with E-state index in [1.807, 2.05) is 30.3 Å². The van der Waals surface area contributed by atoms with E-state index >= 15 is 0 Å². The lowest BCUT2D eigenvalue weighted by Gasteiger charge is -2.21. The summed E-state index contributed by atoms with van der Waals surface area (Å²) in [7, 11) is 0. The number of rotatable bonds is 6. The van der Waals surface area contributed by atoms with E-state index < -0.39 is 0 Å². The van der Waals surface area contributed by atoms with E-state index in [0.717, 1.165) is 12.2 Å². The normalized spacial score (nSPS) is 10.8. The van der Waals surface area contributed by atoms with Crippen molar-refractivity contribution in [1.82, 2.24) is 9.88 Å². The van der Waals surface area contributed by atoms with Gasteiger partial charge in [-0.15, -0.1) is 0 Å². The third-order valence-electron chi connectivity index (χ3n) is 2.88. The van der Waals surface area contributed by atoms with Crippen LogP contribution in [0, 0.1) is 0 Å². The van der Waals surface area contributed by atoms with Gasteiger partial charge < -0.3 is 10.8 Å². The number of hydrogen-bond acceptors (Lipinski definition) is 4. The van der Waals surface area contributed by atoms with E-state index in [4.69, 9.17) is 10.8 Å². The zero-order valence-electron chi connectivity index (χ0n) is 10.9. The summed E-state index contributed by atoms with van der Waals surface area (Å²) in [5, 5.41) is 9.16. The number of benzene rings is 1. The molecule has 100 valence electrons. The number of nitrogen functional groups attached to an aromatic ring is 1. The Morgan fingerprint density at radius 3 is 2.47 bits per heavy atom. The second kappa shape index (κ2) is 6.87. The van der Waals surface area contributed by atoms with E-state index in [2.05, 4.69) is 22.0 Å². The van der Waals surface area contributed by atoms with Gasteiger partial charge in [-0.25, -0.2) is 4.98 Å². The van der Waals surface area contributed by atoms with Crippen LogP contribution in [0.2, 0.25) is 0 Å². The number of aliphatic hydroxyl groups is 1. The average molecular weight is 257 g/mol. The summed E-state index contributed by atoms with van der Waals surface area (Å²) in [6, 6.07) is 15.8. The Kier molecular flexibility index (Phi) is 4.89. The minimum Gasteiger partial charge on any atom is -0.395 e. The molecule has 3 N–H and O–H groups in total. The molecule has 0 aliphatic carbocycles. The quantitative estimate of drug-likeness (QED) is 0.826. The molecule has 2 aromatic rings. The van der Waals surface area contributed by atoms with Gasteiger partial charge in [-0.1, -0.05) is 36.4 Å².